The van der Waals surface area contributed by atoms with Crippen LogP contribution in [-0.4, -0.2) is 66.4 Å². The third kappa shape index (κ3) is 3.33. The zero-order valence-corrected chi connectivity index (χ0v) is 13.7. The highest BCUT2D eigenvalue weighted by molar-refractivity contribution is 5.48. The minimum absolute atomic E-state index is 0.335. The summed E-state index contributed by atoms with van der Waals surface area (Å²) in [4.78, 5) is 13.6. The Morgan fingerprint density at radius 3 is 2.36 bits per heavy atom. The van der Waals surface area contributed by atoms with Crippen LogP contribution in [0.2, 0.25) is 0 Å². The fourth-order valence-corrected chi connectivity index (χ4v) is 3.64. The molecule has 1 aromatic rings. The van der Waals surface area contributed by atoms with Crippen LogP contribution in [0.4, 0.5) is 5.82 Å². The lowest BCUT2D eigenvalue weighted by Gasteiger charge is -2.43. The third-order valence-corrected chi connectivity index (χ3v) is 4.57. The summed E-state index contributed by atoms with van der Waals surface area (Å²) < 4.78 is 11.2. The first-order chi connectivity index (χ1) is 10.7. The fraction of sp³-hybridized carbons (Fsp3) is 0.750. The predicted molar refractivity (Wildman–Crippen MR) is 85.4 cm³/mol. The van der Waals surface area contributed by atoms with Crippen molar-refractivity contribution in [3.8, 4) is 5.88 Å². The van der Waals surface area contributed by atoms with Gasteiger partial charge in [0.15, 0.2) is 5.82 Å². The van der Waals surface area contributed by atoms with Gasteiger partial charge in [0.05, 0.1) is 19.3 Å². The predicted octanol–water partition coefficient (Wildman–Crippen LogP) is 1.56. The van der Waals surface area contributed by atoms with Gasteiger partial charge in [-0.05, 0) is 26.7 Å². The maximum atomic E-state index is 5.84. The summed E-state index contributed by atoms with van der Waals surface area (Å²) in [5.41, 5.74) is 0. The van der Waals surface area contributed by atoms with Crippen LogP contribution in [0, 0.1) is 0 Å². The summed E-state index contributed by atoms with van der Waals surface area (Å²) in [6.07, 6.45) is 6.38. The molecule has 0 amide bonds. The molecule has 0 N–H and O–H groups in total. The van der Waals surface area contributed by atoms with E-state index in [0.717, 1.165) is 44.8 Å². The lowest BCUT2D eigenvalue weighted by molar-refractivity contribution is -0.0826. The third-order valence-electron chi connectivity index (χ3n) is 4.57. The quantitative estimate of drug-likeness (QED) is 0.845. The molecule has 2 fully saturated rings. The van der Waals surface area contributed by atoms with Crippen LogP contribution < -0.4 is 9.64 Å². The van der Waals surface area contributed by atoms with Gasteiger partial charge in [-0.15, -0.1) is 0 Å². The molecular weight excluding hydrogens is 280 g/mol. The Bertz CT molecular complexity index is 481. The molecule has 2 aliphatic rings. The Labute approximate surface area is 132 Å². The molecule has 0 saturated carbocycles. The topological polar surface area (TPSA) is 50.7 Å². The maximum absolute atomic E-state index is 5.84. The van der Waals surface area contributed by atoms with Crippen molar-refractivity contribution in [2.45, 2.75) is 44.9 Å². The largest absolute Gasteiger partial charge is 0.478 e. The minimum Gasteiger partial charge on any atom is -0.478 e. The van der Waals surface area contributed by atoms with E-state index in [-0.39, 0.29) is 0 Å². The van der Waals surface area contributed by atoms with Crippen LogP contribution in [0.1, 0.15) is 26.7 Å². The summed E-state index contributed by atoms with van der Waals surface area (Å²) in [6.45, 7) is 8.43. The number of aromatic nitrogens is 2. The first-order valence-electron chi connectivity index (χ1n) is 8.17. The number of nitrogens with zero attached hydrogens (tertiary/aromatic N) is 4. The molecule has 2 saturated heterocycles. The summed E-state index contributed by atoms with van der Waals surface area (Å²) in [5, 5.41) is 0. The molecule has 3 rings (SSSR count). The summed E-state index contributed by atoms with van der Waals surface area (Å²) in [5.74, 6) is 1.49. The van der Waals surface area contributed by atoms with Crippen molar-refractivity contribution in [2.24, 2.45) is 0 Å². The molecule has 2 atom stereocenters. The highest BCUT2D eigenvalue weighted by atomic mass is 16.5. The molecule has 0 aliphatic carbocycles. The zero-order chi connectivity index (χ0) is 15.5. The number of anilines is 1. The first-order valence-corrected chi connectivity index (χ1v) is 8.17. The van der Waals surface area contributed by atoms with Gasteiger partial charge in [-0.2, -0.15) is 0 Å². The van der Waals surface area contributed by atoms with E-state index in [4.69, 9.17) is 9.47 Å². The van der Waals surface area contributed by atoms with Crippen LogP contribution in [0.25, 0.3) is 0 Å². The lowest BCUT2D eigenvalue weighted by Crippen LogP contribution is -2.53. The lowest BCUT2D eigenvalue weighted by atomic mass is 10.0. The second kappa shape index (κ2) is 6.79. The first kappa shape index (κ1) is 15.5. The average Bonchev–Trinajstić information content (AvgIpc) is 2.54. The Kier molecular flexibility index (Phi) is 4.78. The van der Waals surface area contributed by atoms with Crippen LogP contribution in [0.3, 0.4) is 0 Å². The molecule has 0 unspecified atom stereocenters. The standard InChI is InChI=1S/C16H26N4O2/c1-12-10-20(11-13(2)22-12)14-4-8-19(9-5-14)15-16(21-3)18-7-6-17-15/h6-7,12-14H,4-5,8-11H2,1-3H3/t12-,13+. The van der Waals surface area contributed by atoms with E-state index in [0.29, 0.717) is 24.1 Å². The summed E-state index contributed by atoms with van der Waals surface area (Å²) in [7, 11) is 1.65. The van der Waals surface area contributed by atoms with E-state index < -0.39 is 0 Å². The maximum Gasteiger partial charge on any atom is 0.257 e. The number of hydrogen-bond acceptors (Lipinski definition) is 6. The molecular formula is C16H26N4O2. The molecule has 2 aliphatic heterocycles. The Morgan fingerprint density at radius 1 is 1.09 bits per heavy atom. The van der Waals surface area contributed by atoms with Gasteiger partial charge < -0.3 is 14.4 Å². The van der Waals surface area contributed by atoms with Gasteiger partial charge in [-0.25, -0.2) is 9.97 Å². The molecule has 0 bridgehead atoms. The zero-order valence-electron chi connectivity index (χ0n) is 13.7. The van der Waals surface area contributed by atoms with Crippen LogP contribution in [-0.2, 0) is 4.74 Å². The molecule has 3 heterocycles. The van der Waals surface area contributed by atoms with E-state index in [1.165, 1.54) is 0 Å². The van der Waals surface area contributed by atoms with Crippen molar-refractivity contribution in [2.75, 3.05) is 38.2 Å². The monoisotopic (exact) mass is 306 g/mol. The molecule has 6 nitrogen and oxygen atoms in total. The van der Waals surface area contributed by atoms with Crippen molar-refractivity contribution >= 4 is 5.82 Å². The van der Waals surface area contributed by atoms with E-state index in [2.05, 4.69) is 33.6 Å². The molecule has 6 heteroatoms. The molecule has 122 valence electrons. The number of rotatable bonds is 3. The molecule has 0 spiro atoms. The summed E-state index contributed by atoms with van der Waals surface area (Å²) in [6, 6.07) is 0.646. The van der Waals surface area contributed by atoms with Gasteiger partial charge in [-0.3, -0.25) is 4.90 Å². The van der Waals surface area contributed by atoms with Crippen LogP contribution >= 0.6 is 0 Å². The Balaban J connectivity index is 1.60. The number of hydrogen-bond donors (Lipinski definition) is 0. The van der Waals surface area contributed by atoms with Gasteiger partial charge in [0.1, 0.15) is 0 Å². The normalized spacial score (nSPS) is 27.9. The van der Waals surface area contributed by atoms with Gasteiger partial charge in [0.25, 0.3) is 5.88 Å². The van der Waals surface area contributed by atoms with E-state index in [1.54, 1.807) is 19.5 Å². The number of methoxy groups -OCH3 is 1. The number of ether oxygens (including phenoxy) is 2. The Morgan fingerprint density at radius 2 is 1.73 bits per heavy atom. The highest BCUT2D eigenvalue weighted by Gasteiger charge is 2.31. The van der Waals surface area contributed by atoms with Crippen molar-refractivity contribution in [3.05, 3.63) is 12.4 Å². The molecule has 0 aromatic carbocycles. The molecule has 0 radical (unpaired) electrons. The van der Waals surface area contributed by atoms with Gasteiger partial charge in [0, 0.05) is 44.6 Å². The van der Waals surface area contributed by atoms with Crippen LogP contribution in [0.15, 0.2) is 12.4 Å². The fourth-order valence-electron chi connectivity index (χ4n) is 3.64. The number of morpholine rings is 1. The minimum atomic E-state index is 0.335. The van der Waals surface area contributed by atoms with E-state index in [1.807, 2.05) is 0 Å². The van der Waals surface area contributed by atoms with Crippen molar-refractivity contribution in [1.82, 2.24) is 14.9 Å². The number of piperidine rings is 1. The highest BCUT2D eigenvalue weighted by Crippen LogP contribution is 2.27. The smallest absolute Gasteiger partial charge is 0.257 e. The van der Waals surface area contributed by atoms with Gasteiger partial charge >= 0.3 is 0 Å². The van der Waals surface area contributed by atoms with Crippen LogP contribution in [0.5, 0.6) is 5.88 Å². The average molecular weight is 306 g/mol. The van der Waals surface area contributed by atoms with E-state index >= 15 is 0 Å². The molecule has 22 heavy (non-hydrogen) atoms. The molecule has 1 aromatic heterocycles. The van der Waals surface area contributed by atoms with Gasteiger partial charge in [-0.1, -0.05) is 0 Å². The van der Waals surface area contributed by atoms with E-state index in [9.17, 15) is 0 Å². The summed E-state index contributed by atoms with van der Waals surface area (Å²) >= 11 is 0. The SMILES string of the molecule is COc1nccnc1N1CCC(N2C[C@@H](C)O[C@@H](C)C2)CC1. The second-order valence-corrected chi connectivity index (χ2v) is 6.32. The van der Waals surface area contributed by atoms with Crippen molar-refractivity contribution in [1.29, 1.82) is 0 Å². The van der Waals surface area contributed by atoms with Crippen molar-refractivity contribution < 1.29 is 9.47 Å². The second-order valence-electron chi connectivity index (χ2n) is 6.32. The Hall–Kier alpha value is -1.40. The van der Waals surface area contributed by atoms with Gasteiger partial charge in [0.2, 0.25) is 0 Å². The van der Waals surface area contributed by atoms with Crippen molar-refractivity contribution in [3.63, 3.8) is 0 Å².